The van der Waals surface area contributed by atoms with Gasteiger partial charge in [0.15, 0.2) is 40.2 Å². The minimum Gasteiger partial charge on any atom is -0.342 e. The Hall–Kier alpha value is -7.23. The Morgan fingerprint density at radius 3 is 1.61 bits per heavy atom. The summed E-state index contributed by atoms with van der Waals surface area (Å²) in [5.41, 5.74) is -3.02. The van der Waals surface area contributed by atoms with Crippen LogP contribution in [0.3, 0.4) is 0 Å². The molecule has 432 valence electrons. The van der Waals surface area contributed by atoms with E-state index < -0.39 is 74.1 Å². The molecule has 82 heavy (non-hydrogen) atoms. The first-order valence-corrected chi connectivity index (χ1v) is 27.3. The Bertz CT molecular complexity index is 3710. The van der Waals surface area contributed by atoms with Crippen LogP contribution in [-0.2, 0) is 37.6 Å². The molecule has 0 spiro atoms. The zero-order chi connectivity index (χ0) is 59.7. The molecule has 0 radical (unpaired) electrons. The number of Topliss-reactive ketones (excluding diaryl/α,β-unsaturated/α-hetero) is 3. The maximum atomic E-state index is 14.9. The summed E-state index contributed by atoms with van der Waals surface area (Å²) >= 11 is 3.67. The number of alkyl halides is 9. The van der Waals surface area contributed by atoms with Crippen LogP contribution in [-0.4, -0.2) is 54.1 Å². The number of aromatic nitrogens is 6. The van der Waals surface area contributed by atoms with E-state index in [0.29, 0.717) is 29.9 Å². The van der Waals surface area contributed by atoms with Crippen molar-refractivity contribution >= 4 is 50.7 Å². The van der Waals surface area contributed by atoms with E-state index in [0.717, 1.165) is 56.9 Å². The van der Waals surface area contributed by atoms with E-state index in [4.69, 9.17) is 0 Å². The molecule has 0 bridgehead atoms. The minimum atomic E-state index is -4.91. The van der Waals surface area contributed by atoms with Crippen LogP contribution in [0.15, 0.2) is 117 Å². The first-order valence-electron chi connectivity index (χ1n) is 26.5. The Morgan fingerprint density at radius 1 is 0.524 bits per heavy atom. The van der Waals surface area contributed by atoms with Gasteiger partial charge in [-0.25, -0.2) is 0 Å². The fourth-order valence-electron chi connectivity index (χ4n) is 13.3. The maximum Gasteiger partial charge on any atom is 0.433 e. The number of benzene rings is 3. The number of aryl methyl sites for hydroxylation is 2. The first kappa shape index (κ1) is 58.0. The molecule has 3 aliphatic carbocycles. The van der Waals surface area contributed by atoms with Crippen molar-refractivity contribution in [2.75, 3.05) is 16.0 Å². The standard InChI is InChI=1S/C21H19F6N3O.C20H20F3N3O.C19H20BrN3O/c1-18(2)8-12-14(13(31)9-18)19(3,10-6-4-5-7-11(10)20(22,23)24)15-16(21(25,26)27)29-30-17(15)28-12;1-11-15-17(26-25-11)24-13-9-18(2,3)10-14(27)16(13)19(15,20(21,22)23)12-7-5-4-6-8-12;1-10-15-16(11-6-4-5-7-12(11)20)17-13(21-18(15)23-22-10)8-19(2,3)9-14(17)24/h4-7H,8-9H2,1-3H3,(H2,28,29,30);4-8H,9-10H2,1-3H3,(H2,24,25,26);4-7,16H,8-9H2,1-3H3,(H2,21,22,23). The van der Waals surface area contributed by atoms with E-state index in [9.17, 15) is 53.9 Å². The summed E-state index contributed by atoms with van der Waals surface area (Å²) in [6.07, 6.45) is -12.3. The number of aromatic amines is 3. The first-order chi connectivity index (χ1) is 38.1. The molecule has 6 aliphatic rings. The van der Waals surface area contributed by atoms with Crippen molar-refractivity contribution in [2.45, 2.75) is 136 Å². The molecule has 12 nitrogen and oxygen atoms in total. The molecule has 0 saturated heterocycles. The normalized spacial score (nSPS) is 23.3. The van der Waals surface area contributed by atoms with Gasteiger partial charge in [0.2, 0.25) is 0 Å². The minimum absolute atomic E-state index is 0.00578. The third-order valence-corrected chi connectivity index (χ3v) is 17.1. The lowest BCUT2D eigenvalue weighted by molar-refractivity contribution is -0.171. The number of halogens is 10. The highest BCUT2D eigenvalue weighted by atomic mass is 79.9. The SMILES string of the molecule is CC1(C)CC(=O)C2=C(C1)Nc1n[nH]c(C(F)(F)F)c1C2(C)c1ccccc1C(F)(F)F.Cc1[nH]nc2c1C(c1ccccc1)(C(F)(F)F)C1=C(CC(C)(C)CC1=O)N2.Cc1[nH]nc2c1C(c1ccccc1Br)C1=C(CC(C)(C)CC1=O)N2. The lowest BCUT2D eigenvalue weighted by atomic mass is 9.60. The van der Waals surface area contributed by atoms with Crippen molar-refractivity contribution in [1.29, 1.82) is 0 Å². The largest absolute Gasteiger partial charge is 0.433 e. The number of hydrogen-bond acceptors (Lipinski definition) is 9. The molecule has 22 heteroatoms. The molecular formula is C60H59BrF9N9O3. The number of carbonyl (C=O) groups excluding carboxylic acids is 3. The molecule has 6 N–H and O–H groups in total. The van der Waals surface area contributed by atoms with Crippen molar-refractivity contribution in [3.8, 4) is 0 Å². The van der Waals surface area contributed by atoms with Crippen LogP contribution < -0.4 is 16.0 Å². The van der Waals surface area contributed by atoms with Gasteiger partial charge in [0.25, 0.3) is 0 Å². The van der Waals surface area contributed by atoms with Crippen LogP contribution in [0.4, 0.5) is 57.0 Å². The highest BCUT2D eigenvalue weighted by molar-refractivity contribution is 9.10. The van der Waals surface area contributed by atoms with E-state index >= 15 is 0 Å². The topological polar surface area (TPSA) is 173 Å². The summed E-state index contributed by atoms with van der Waals surface area (Å²) in [6.45, 7) is 16.5. The summed E-state index contributed by atoms with van der Waals surface area (Å²) in [5.74, 6) is -0.0409. The van der Waals surface area contributed by atoms with Crippen molar-refractivity contribution in [3.05, 3.63) is 173 Å². The van der Waals surface area contributed by atoms with Gasteiger partial charge in [-0.1, -0.05) is 124 Å². The average Bonchev–Trinajstić information content (AvgIpc) is 1.39. The average molecular weight is 1210 g/mol. The quantitative estimate of drug-likeness (QED) is 0.0943. The van der Waals surface area contributed by atoms with E-state index in [1.807, 2.05) is 57.9 Å². The summed E-state index contributed by atoms with van der Waals surface area (Å²) in [5, 5.41) is 29.1. The molecule has 6 heterocycles. The van der Waals surface area contributed by atoms with Gasteiger partial charge in [-0.15, -0.1) is 0 Å². The number of ketones is 3. The lowest BCUT2D eigenvalue weighted by Crippen LogP contribution is -2.52. The molecule has 3 atom stereocenters. The van der Waals surface area contributed by atoms with Gasteiger partial charge in [-0.05, 0) is 85.1 Å². The monoisotopic (exact) mass is 1200 g/mol. The maximum absolute atomic E-state index is 14.9. The second kappa shape index (κ2) is 19.7. The zero-order valence-corrected chi connectivity index (χ0v) is 47.8. The van der Waals surface area contributed by atoms with Crippen molar-refractivity contribution in [3.63, 3.8) is 0 Å². The Balaban J connectivity index is 0.000000139. The molecular weight excluding hydrogens is 1150 g/mol. The summed E-state index contributed by atoms with van der Waals surface area (Å²) < 4.78 is 129. The number of allylic oxidation sites excluding steroid dienone is 6. The Morgan fingerprint density at radius 2 is 1.01 bits per heavy atom. The number of fused-ring (bicyclic) bond motifs is 3. The van der Waals surface area contributed by atoms with Crippen LogP contribution in [0.25, 0.3) is 0 Å². The van der Waals surface area contributed by atoms with E-state index in [1.165, 1.54) is 31.2 Å². The summed E-state index contributed by atoms with van der Waals surface area (Å²) in [6, 6.07) is 20.2. The van der Waals surface area contributed by atoms with Gasteiger partial charge in [0.05, 0.1) is 11.0 Å². The molecule has 0 amide bonds. The molecule has 3 aromatic carbocycles. The summed E-state index contributed by atoms with van der Waals surface area (Å²) in [7, 11) is 0. The van der Waals surface area contributed by atoms with Crippen molar-refractivity contribution in [2.24, 2.45) is 16.2 Å². The predicted octanol–water partition coefficient (Wildman–Crippen LogP) is 15.1. The molecule has 0 fully saturated rings. The zero-order valence-electron chi connectivity index (χ0n) is 46.2. The predicted molar refractivity (Wildman–Crippen MR) is 293 cm³/mol. The van der Waals surface area contributed by atoms with Gasteiger partial charge >= 0.3 is 18.5 Å². The molecule has 12 rings (SSSR count). The highest BCUT2D eigenvalue weighted by Gasteiger charge is 2.66. The lowest BCUT2D eigenvalue weighted by Gasteiger charge is -2.46. The number of hydrogen-bond donors (Lipinski definition) is 6. The van der Waals surface area contributed by atoms with E-state index in [1.54, 1.807) is 25.1 Å². The number of H-pyrrole nitrogens is 3. The number of nitrogens with one attached hydrogen (secondary N) is 6. The van der Waals surface area contributed by atoms with Gasteiger partial charge in [-0.3, -0.25) is 29.7 Å². The smallest absolute Gasteiger partial charge is 0.342 e. The molecule has 3 aliphatic heterocycles. The number of nitrogens with zero attached hydrogens (tertiary/aromatic N) is 3. The Kier molecular flexibility index (Phi) is 13.9. The fourth-order valence-corrected chi connectivity index (χ4v) is 13.9. The van der Waals surface area contributed by atoms with Gasteiger partial charge in [0, 0.05) is 91.5 Å². The molecule has 6 aromatic rings. The highest BCUT2D eigenvalue weighted by Crippen LogP contribution is 2.61. The van der Waals surface area contributed by atoms with Crippen LogP contribution in [0.5, 0.6) is 0 Å². The Labute approximate surface area is 474 Å². The second-order valence-electron chi connectivity index (χ2n) is 24.5. The second-order valence-corrected chi connectivity index (χ2v) is 25.4. The molecule has 0 saturated carbocycles. The van der Waals surface area contributed by atoms with Gasteiger partial charge in [-0.2, -0.15) is 54.8 Å². The third kappa shape index (κ3) is 9.68. The van der Waals surface area contributed by atoms with Crippen LogP contribution in [0.1, 0.15) is 149 Å². The number of anilines is 3. The van der Waals surface area contributed by atoms with Crippen molar-refractivity contribution < 1.29 is 53.9 Å². The van der Waals surface area contributed by atoms with Crippen molar-refractivity contribution in [1.82, 2.24) is 30.6 Å². The number of carbonyl (C=O) groups is 3. The van der Waals surface area contributed by atoms with E-state index in [-0.39, 0.29) is 70.3 Å². The number of rotatable bonds is 3. The van der Waals surface area contributed by atoms with Crippen LogP contribution in [0.2, 0.25) is 0 Å². The fraction of sp³-hybridized carbons (Fsp3) is 0.400. The van der Waals surface area contributed by atoms with Gasteiger partial charge in [0.1, 0.15) is 5.69 Å². The van der Waals surface area contributed by atoms with Crippen LogP contribution in [0, 0.1) is 30.1 Å². The molecule has 3 unspecified atom stereocenters. The van der Waals surface area contributed by atoms with Crippen LogP contribution >= 0.6 is 15.9 Å². The summed E-state index contributed by atoms with van der Waals surface area (Å²) in [4.78, 5) is 39.3. The van der Waals surface area contributed by atoms with Gasteiger partial charge < -0.3 is 16.0 Å². The molecule has 3 aromatic heterocycles. The van der Waals surface area contributed by atoms with E-state index in [2.05, 4.69) is 77.3 Å². The third-order valence-electron chi connectivity index (χ3n) is 16.4.